The van der Waals surface area contributed by atoms with Crippen LogP contribution in [0.2, 0.25) is 0 Å². The van der Waals surface area contributed by atoms with E-state index in [0.29, 0.717) is 11.1 Å². The topological polar surface area (TPSA) is 0 Å². The molecule has 0 amide bonds. The van der Waals surface area contributed by atoms with E-state index in [1.807, 2.05) is 26.0 Å². The van der Waals surface area contributed by atoms with Gasteiger partial charge in [0.2, 0.25) is 0 Å². The molecule has 3 aromatic carbocycles. The van der Waals surface area contributed by atoms with Crippen LogP contribution in [0, 0.1) is 39.3 Å². The Hall–Kier alpha value is -2.48. The number of aryl methyl sites for hydroxylation is 4. The van der Waals surface area contributed by atoms with Gasteiger partial charge in [0, 0.05) is 6.42 Å². The highest BCUT2D eigenvalue weighted by molar-refractivity contribution is 5.32. The summed E-state index contributed by atoms with van der Waals surface area (Å²) in [5, 5.41) is 0. The summed E-state index contributed by atoms with van der Waals surface area (Å²) in [4.78, 5) is 0. The molecule has 0 saturated carbocycles. The van der Waals surface area contributed by atoms with Crippen molar-refractivity contribution >= 4 is 0 Å². The summed E-state index contributed by atoms with van der Waals surface area (Å²) in [6, 6.07) is 18.5. The first kappa shape index (κ1) is 18.9. The zero-order valence-electron chi connectivity index (χ0n) is 15.2. The quantitative estimate of drug-likeness (QED) is 0.502. The molecule has 0 nitrogen and oxygen atoms in total. The standard InChI is InChI=1S/C15H14F2.C8H10/c1-10-3-5-12(14(16)7-10)9-13-6-4-11(2)8-15(13)17;1-7-3-5-8(2)6-4-7/h3-8H,9H2,1-2H3;3-6H,1-2H3. The molecule has 0 bridgehead atoms. The second kappa shape index (κ2) is 8.57. The summed E-state index contributed by atoms with van der Waals surface area (Å²) in [6.45, 7) is 7.86. The lowest BCUT2D eigenvalue weighted by Gasteiger charge is -2.06. The lowest BCUT2D eigenvalue weighted by molar-refractivity contribution is 0.598. The van der Waals surface area contributed by atoms with Crippen LogP contribution in [0.3, 0.4) is 0 Å². The average Bonchev–Trinajstić information content (AvgIpc) is 2.56. The fraction of sp³-hybridized carbons (Fsp3) is 0.217. The number of benzene rings is 3. The van der Waals surface area contributed by atoms with Crippen molar-refractivity contribution in [2.45, 2.75) is 34.1 Å². The Bertz CT molecular complexity index is 763. The van der Waals surface area contributed by atoms with E-state index in [0.717, 1.165) is 11.1 Å². The first-order valence-electron chi connectivity index (χ1n) is 8.38. The Labute approximate surface area is 149 Å². The molecular weight excluding hydrogens is 314 g/mol. The third-order valence-electron chi connectivity index (χ3n) is 4.02. The van der Waals surface area contributed by atoms with E-state index < -0.39 is 0 Å². The van der Waals surface area contributed by atoms with Gasteiger partial charge in [-0.25, -0.2) is 8.78 Å². The largest absolute Gasteiger partial charge is 0.207 e. The van der Waals surface area contributed by atoms with Crippen LogP contribution in [0.25, 0.3) is 0 Å². The molecule has 0 fully saturated rings. The van der Waals surface area contributed by atoms with Gasteiger partial charge in [-0.2, -0.15) is 0 Å². The molecule has 0 radical (unpaired) electrons. The van der Waals surface area contributed by atoms with Gasteiger partial charge in [0.15, 0.2) is 0 Å². The minimum atomic E-state index is -0.273. The van der Waals surface area contributed by atoms with Gasteiger partial charge in [0.05, 0.1) is 0 Å². The first-order chi connectivity index (χ1) is 11.8. The lowest BCUT2D eigenvalue weighted by Crippen LogP contribution is -1.96. The Morgan fingerprint density at radius 1 is 0.520 bits per heavy atom. The van der Waals surface area contributed by atoms with Crippen molar-refractivity contribution < 1.29 is 8.78 Å². The molecule has 130 valence electrons. The highest BCUT2D eigenvalue weighted by atomic mass is 19.1. The normalized spacial score (nSPS) is 10.2. The third-order valence-corrected chi connectivity index (χ3v) is 4.02. The Balaban J connectivity index is 0.000000236. The number of halogens is 2. The number of hydrogen-bond donors (Lipinski definition) is 0. The molecule has 0 N–H and O–H groups in total. The minimum Gasteiger partial charge on any atom is -0.207 e. The summed E-state index contributed by atoms with van der Waals surface area (Å²) in [5.41, 5.74) is 5.45. The Kier molecular flexibility index (Phi) is 6.46. The molecule has 0 spiro atoms. The minimum absolute atomic E-state index is 0.273. The first-order valence-corrected chi connectivity index (χ1v) is 8.38. The monoisotopic (exact) mass is 338 g/mol. The SMILES string of the molecule is Cc1ccc(C)cc1.Cc1ccc(Cc2ccc(C)cc2F)c(F)c1. The van der Waals surface area contributed by atoms with E-state index in [-0.39, 0.29) is 18.1 Å². The molecule has 25 heavy (non-hydrogen) atoms. The maximum absolute atomic E-state index is 13.6. The maximum atomic E-state index is 13.6. The summed E-state index contributed by atoms with van der Waals surface area (Å²) >= 11 is 0. The van der Waals surface area contributed by atoms with Crippen molar-refractivity contribution in [2.75, 3.05) is 0 Å². The van der Waals surface area contributed by atoms with Crippen molar-refractivity contribution in [2.24, 2.45) is 0 Å². The third kappa shape index (κ3) is 5.82. The smallest absolute Gasteiger partial charge is 0.126 e. The number of hydrogen-bond acceptors (Lipinski definition) is 0. The molecule has 2 heteroatoms. The van der Waals surface area contributed by atoms with Crippen LogP contribution in [-0.2, 0) is 6.42 Å². The fourth-order valence-corrected chi connectivity index (χ4v) is 2.43. The molecule has 0 heterocycles. The van der Waals surface area contributed by atoms with E-state index >= 15 is 0 Å². The molecule has 0 aromatic heterocycles. The van der Waals surface area contributed by atoms with E-state index in [1.165, 1.54) is 23.3 Å². The van der Waals surface area contributed by atoms with E-state index in [1.54, 1.807) is 12.1 Å². The summed E-state index contributed by atoms with van der Waals surface area (Å²) in [6.07, 6.45) is 0.290. The summed E-state index contributed by atoms with van der Waals surface area (Å²) in [5.74, 6) is -0.546. The van der Waals surface area contributed by atoms with Gasteiger partial charge in [-0.05, 0) is 62.1 Å². The van der Waals surface area contributed by atoms with Crippen molar-refractivity contribution in [3.8, 4) is 0 Å². The lowest BCUT2D eigenvalue weighted by atomic mass is 10.0. The van der Waals surface area contributed by atoms with Gasteiger partial charge in [0.1, 0.15) is 11.6 Å². The number of rotatable bonds is 2. The average molecular weight is 338 g/mol. The van der Waals surface area contributed by atoms with Crippen LogP contribution in [-0.4, -0.2) is 0 Å². The van der Waals surface area contributed by atoms with Crippen LogP contribution in [0.15, 0.2) is 60.7 Å². The van der Waals surface area contributed by atoms with Crippen LogP contribution in [0.5, 0.6) is 0 Å². The van der Waals surface area contributed by atoms with Crippen LogP contribution < -0.4 is 0 Å². The molecular formula is C23H24F2. The second-order valence-corrected chi connectivity index (χ2v) is 6.52. The molecule has 0 aliphatic carbocycles. The second-order valence-electron chi connectivity index (χ2n) is 6.52. The Morgan fingerprint density at radius 2 is 0.840 bits per heavy atom. The summed E-state index contributed by atoms with van der Waals surface area (Å²) < 4.78 is 27.2. The van der Waals surface area contributed by atoms with Crippen molar-refractivity contribution in [1.82, 2.24) is 0 Å². The van der Waals surface area contributed by atoms with E-state index in [9.17, 15) is 8.78 Å². The van der Waals surface area contributed by atoms with Crippen LogP contribution in [0.4, 0.5) is 8.78 Å². The molecule has 0 atom stereocenters. The Morgan fingerprint density at radius 3 is 1.16 bits per heavy atom. The molecule has 0 aliphatic rings. The van der Waals surface area contributed by atoms with Crippen molar-refractivity contribution in [3.05, 3.63) is 106 Å². The van der Waals surface area contributed by atoms with Crippen LogP contribution in [0.1, 0.15) is 33.4 Å². The van der Waals surface area contributed by atoms with Gasteiger partial charge in [0.25, 0.3) is 0 Å². The van der Waals surface area contributed by atoms with Crippen molar-refractivity contribution in [1.29, 1.82) is 0 Å². The van der Waals surface area contributed by atoms with Gasteiger partial charge in [-0.1, -0.05) is 59.7 Å². The zero-order chi connectivity index (χ0) is 18.4. The molecule has 0 aliphatic heterocycles. The van der Waals surface area contributed by atoms with Gasteiger partial charge in [-0.15, -0.1) is 0 Å². The van der Waals surface area contributed by atoms with Crippen molar-refractivity contribution in [3.63, 3.8) is 0 Å². The van der Waals surface area contributed by atoms with Gasteiger partial charge < -0.3 is 0 Å². The van der Waals surface area contributed by atoms with E-state index in [4.69, 9.17) is 0 Å². The molecule has 3 aromatic rings. The summed E-state index contributed by atoms with van der Waals surface area (Å²) in [7, 11) is 0. The fourth-order valence-electron chi connectivity index (χ4n) is 2.43. The van der Waals surface area contributed by atoms with Crippen LogP contribution >= 0.6 is 0 Å². The highest BCUT2D eigenvalue weighted by Crippen LogP contribution is 2.18. The zero-order valence-corrected chi connectivity index (χ0v) is 15.2. The van der Waals surface area contributed by atoms with Gasteiger partial charge >= 0.3 is 0 Å². The highest BCUT2D eigenvalue weighted by Gasteiger charge is 2.07. The molecule has 3 rings (SSSR count). The van der Waals surface area contributed by atoms with E-state index in [2.05, 4.69) is 38.1 Å². The molecule has 0 saturated heterocycles. The predicted octanol–water partition coefficient (Wildman–Crippen LogP) is 6.48. The molecule has 0 unspecified atom stereocenters. The van der Waals surface area contributed by atoms with Gasteiger partial charge in [-0.3, -0.25) is 0 Å². The maximum Gasteiger partial charge on any atom is 0.126 e. The predicted molar refractivity (Wildman–Crippen MR) is 101 cm³/mol.